The molecule has 2 aromatic carbocycles. The first kappa shape index (κ1) is 26.6. The number of halogens is 2. The van der Waals surface area contributed by atoms with Crippen LogP contribution in [0.3, 0.4) is 0 Å². The summed E-state index contributed by atoms with van der Waals surface area (Å²) in [6, 6.07) is 20.1. The van der Waals surface area contributed by atoms with Crippen LogP contribution in [-0.4, -0.2) is 0 Å². The van der Waals surface area contributed by atoms with Crippen molar-refractivity contribution in [1.29, 1.82) is 10.5 Å². The van der Waals surface area contributed by atoms with Crippen LogP contribution in [0.4, 0.5) is 0 Å². The molecule has 124 valence electrons. The average molecular weight is 528 g/mol. The summed E-state index contributed by atoms with van der Waals surface area (Å²) >= 11 is 0. The van der Waals surface area contributed by atoms with Crippen molar-refractivity contribution in [1.82, 2.24) is 0 Å². The molecular weight excluding hydrogens is 510 g/mol. The van der Waals surface area contributed by atoms with Gasteiger partial charge in [-0.15, -0.1) is 0 Å². The zero-order valence-corrected chi connectivity index (χ0v) is 16.8. The predicted molar refractivity (Wildman–Crippen MR) is 81.0 cm³/mol. The van der Waals surface area contributed by atoms with E-state index in [0.29, 0.717) is 12.8 Å². The SMILES string of the molecule is Cc1ccccc1CC#N.Cc1ccccc1CC#N.[Cl-].[Cl-].[Pt+2]. The van der Waals surface area contributed by atoms with Crippen molar-refractivity contribution in [3.63, 3.8) is 0 Å². The van der Waals surface area contributed by atoms with E-state index in [1.165, 1.54) is 11.1 Å². The molecule has 5 heteroatoms. The minimum atomic E-state index is 0. The van der Waals surface area contributed by atoms with Gasteiger partial charge in [0.1, 0.15) is 0 Å². The van der Waals surface area contributed by atoms with Gasteiger partial charge in [0.05, 0.1) is 25.0 Å². The molecule has 0 aliphatic rings. The number of hydrogen-bond donors (Lipinski definition) is 0. The largest absolute Gasteiger partial charge is 2.00 e. The molecule has 0 radical (unpaired) electrons. The third-order valence-corrected chi connectivity index (χ3v) is 3.06. The van der Waals surface area contributed by atoms with E-state index in [2.05, 4.69) is 12.1 Å². The summed E-state index contributed by atoms with van der Waals surface area (Å²) in [7, 11) is 0. The van der Waals surface area contributed by atoms with Crippen molar-refractivity contribution in [3.8, 4) is 12.1 Å². The first-order chi connectivity index (χ1) is 9.69. The third kappa shape index (κ3) is 10.1. The van der Waals surface area contributed by atoms with E-state index in [4.69, 9.17) is 10.5 Å². The average Bonchev–Trinajstić information content (AvgIpc) is 2.45. The van der Waals surface area contributed by atoms with Crippen LogP contribution in [-0.2, 0) is 33.9 Å². The van der Waals surface area contributed by atoms with Crippen molar-refractivity contribution < 1.29 is 45.9 Å². The standard InChI is InChI=1S/2C9H9N.2ClH.Pt/c2*1-8-4-2-3-5-9(8)6-7-10;;;/h2*2-5H,6H2,1H3;2*1H;/q;;;;+2/p-2. The van der Waals surface area contributed by atoms with Crippen molar-refractivity contribution in [3.05, 3.63) is 70.8 Å². The van der Waals surface area contributed by atoms with Crippen molar-refractivity contribution in [2.45, 2.75) is 26.7 Å². The Labute approximate surface area is 165 Å². The summed E-state index contributed by atoms with van der Waals surface area (Å²) in [6.07, 6.45) is 1.04. The molecule has 2 rings (SSSR count). The number of rotatable bonds is 2. The van der Waals surface area contributed by atoms with Crippen LogP contribution >= 0.6 is 0 Å². The second-order valence-electron chi connectivity index (χ2n) is 4.52. The molecule has 0 atom stereocenters. The van der Waals surface area contributed by atoms with Gasteiger partial charge in [-0.3, -0.25) is 0 Å². The van der Waals surface area contributed by atoms with E-state index < -0.39 is 0 Å². The molecule has 0 aliphatic carbocycles. The molecule has 23 heavy (non-hydrogen) atoms. The van der Waals surface area contributed by atoms with Crippen LogP contribution in [0.1, 0.15) is 22.3 Å². The molecule has 0 aliphatic heterocycles. The van der Waals surface area contributed by atoms with Gasteiger partial charge < -0.3 is 24.8 Å². The van der Waals surface area contributed by atoms with E-state index in [1.807, 2.05) is 62.4 Å². The van der Waals surface area contributed by atoms with Crippen LogP contribution < -0.4 is 24.8 Å². The Morgan fingerprint density at radius 3 is 1.26 bits per heavy atom. The summed E-state index contributed by atoms with van der Waals surface area (Å²) in [6.45, 7) is 4.04. The topological polar surface area (TPSA) is 47.6 Å². The molecule has 0 fully saturated rings. The van der Waals surface area contributed by atoms with Crippen molar-refractivity contribution in [2.24, 2.45) is 0 Å². The van der Waals surface area contributed by atoms with Gasteiger partial charge in [-0.1, -0.05) is 48.5 Å². The van der Waals surface area contributed by atoms with Crippen LogP contribution in [0, 0.1) is 36.5 Å². The Bertz CT molecular complexity index is 588. The minimum absolute atomic E-state index is 0. The maximum atomic E-state index is 8.39. The Morgan fingerprint density at radius 2 is 1.00 bits per heavy atom. The van der Waals surface area contributed by atoms with Gasteiger partial charge in [0, 0.05) is 0 Å². The van der Waals surface area contributed by atoms with Gasteiger partial charge in [0.15, 0.2) is 0 Å². The van der Waals surface area contributed by atoms with Gasteiger partial charge in [-0.2, -0.15) is 10.5 Å². The molecule has 0 N–H and O–H groups in total. The molecule has 0 spiro atoms. The molecule has 0 amide bonds. The van der Waals surface area contributed by atoms with E-state index in [0.717, 1.165) is 11.1 Å². The Hall–Kier alpha value is -1.31. The Morgan fingerprint density at radius 1 is 0.696 bits per heavy atom. The molecule has 0 saturated heterocycles. The number of hydrogen-bond acceptors (Lipinski definition) is 2. The Kier molecular flexibility index (Phi) is 18.0. The molecular formula is C18H18Cl2N2Pt. The fourth-order valence-electron chi connectivity index (χ4n) is 1.79. The first-order valence-electron chi connectivity index (χ1n) is 6.52. The quantitative estimate of drug-likeness (QED) is 0.459. The Balaban J connectivity index is -0.000000308. The predicted octanol–water partition coefficient (Wildman–Crippen LogP) is -1.87. The summed E-state index contributed by atoms with van der Waals surface area (Å²) in [5, 5.41) is 16.8. The first-order valence-corrected chi connectivity index (χ1v) is 6.52. The number of nitrogens with zero attached hydrogens (tertiary/aromatic N) is 2. The summed E-state index contributed by atoms with van der Waals surface area (Å²) in [4.78, 5) is 0. The molecule has 0 aromatic heterocycles. The zero-order chi connectivity index (χ0) is 14.8. The second kappa shape index (κ2) is 15.6. The maximum Gasteiger partial charge on any atom is 2.00 e. The van der Waals surface area contributed by atoms with E-state index in [9.17, 15) is 0 Å². The number of benzene rings is 2. The normalized spacial score (nSPS) is 7.65. The summed E-state index contributed by atoms with van der Waals surface area (Å²) in [5.41, 5.74) is 4.66. The minimum Gasteiger partial charge on any atom is -1.00 e. The second-order valence-corrected chi connectivity index (χ2v) is 4.52. The van der Waals surface area contributed by atoms with Gasteiger partial charge in [0.25, 0.3) is 0 Å². The molecule has 0 saturated carbocycles. The molecule has 0 bridgehead atoms. The fraction of sp³-hybridized carbons (Fsp3) is 0.222. The maximum absolute atomic E-state index is 8.39. The molecule has 0 unspecified atom stereocenters. The van der Waals surface area contributed by atoms with Gasteiger partial charge in [-0.25, -0.2) is 0 Å². The van der Waals surface area contributed by atoms with Crippen LogP contribution in [0.2, 0.25) is 0 Å². The molecule has 2 aromatic rings. The number of aryl methyl sites for hydroxylation is 2. The van der Waals surface area contributed by atoms with Gasteiger partial charge in [-0.05, 0) is 36.1 Å². The van der Waals surface area contributed by atoms with E-state index >= 15 is 0 Å². The van der Waals surface area contributed by atoms with Crippen LogP contribution in [0.15, 0.2) is 48.5 Å². The summed E-state index contributed by atoms with van der Waals surface area (Å²) < 4.78 is 0. The third-order valence-electron chi connectivity index (χ3n) is 3.06. The molecule has 2 nitrogen and oxygen atoms in total. The fourth-order valence-corrected chi connectivity index (χ4v) is 1.79. The van der Waals surface area contributed by atoms with Crippen LogP contribution in [0.5, 0.6) is 0 Å². The van der Waals surface area contributed by atoms with Gasteiger partial charge >= 0.3 is 21.1 Å². The van der Waals surface area contributed by atoms with Crippen LogP contribution in [0.25, 0.3) is 0 Å². The van der Waals surface area contributed by atoms with E-state index in [1.54, 1.807) is 0 Å². The smallest absolute Gasteiger partial charge is 1.00 e. The molecule has 0 heterocycles. The van der Waals surface area contributed by atoms with E-state index in [-0.39, 0.29) is 45.9 Å². The van der Waals surface area contributed by atoms with Crippen molar-refractivity contribution >= 4 is 0 Å². The van der Waals surface area contributed by atoms with Gasteiger partial charge in [0.2, 0.25) is 0 Å². The number of nitriles is 2. The zero-order valence-electron chi connectivity index (χ0n) is 13.0. The van der Waals surface area contributed by atoms with Crippen molar-refractivity contribution in [2.75, 3.05) is 0 Å². The monoisotopic (exact) mass is 527 g/mol. The summed E-state index contributed by atoms with van der Waals surface area (Å²) in [5.74, 6) is 0.